The van der Waals surface area contributed by atoms with E-state index in [1.54, 1.807) is 6.07 Å². The lowest BCUT2D eigenvalue weighted by Gasteiger charge is -2.33. The number of rotatable bonds is 2. The molecule has 0 aliphatic carbocycles. The van der Waals surface area contributed by atoms with Gasteiger partial charge in [-0.25, -0.2) is 4.39 Å². The molecule has 0 aromatic heterocycles. The van der Waals surface area contributed by atoms with Crippen molar-refractivity contribution in [2.24, 2.45) is 0 Å². The Morgan fingerprint density at radius 2 is 2.21 bits per heavy atom. The van der Waals surface area contributed by atoms with Gasteiger partial charge in [0.1, 0.15) is 5.82 Å². The molecule has 106 valence electrons. The van der Waals surface area contributed by atoms with Crippen molar-refractivity contribution in [2.75, 3.05) is 13.1 Å². The van der Waals surface area contributed by atoms with Gasteiger partial charge in [0.05, 0.1) is 0 Å². The van der Waals surface area contributed by atoms with Crippen LogP contribution in [0.25, 0.3) is 0 Å². The minimum Gasteiger partial charge on any atom is -0.310 e. The third-order valence-corrected chi connectivity index (χ3v) is 4.13. The fraction of sp³-hybridized carbons (Fsp3) is 0.600. The Morgan fingerprint density at radius 1 is 1.47 bits per heavy atom. The maximum atomic E-state index is 13.1. The number of halogens is 2. The topological polar surface area (TPSA) is 15.3 Å². The van der Waals surface area contributed by atoms with Crippen LogP contribution in [-0.4, -0.2) is 29.6 Å². The first-order valence-corrected chi connectivity index (χ1v) is 7.18. The van der Waals surface area contributed by atoms with Gasteiger partial charge in [-0.1, -0.05) is 17.7 Å². The van der Waals surface area contributed by atoms with Crippen LogP contribution in [0.4, 0.5) is 4.39 Å². The van der Waals surface area contributed by atoms with Crippen LogP contribution in [0.2, 0.25) is 5.02 Å². The molecule has 0 radical (unpaired) electrons. The van der Waals surface area contributed by atoms with Gasteiger partial charge < -0.3 is 5.32 Å². The molecule has 0 amide bonds. The van der Waals surface area contributed by atoms with Gasteiger partial charge in [-0.3, -0.25) is 4.90 Å². The Balaban J connectivity index is 2.15. The highest BCUT2D eigenvalue weighted by Crippen LogP contribution is 2.23. The van der Waals surface area contributed by atoms with Crippen molar-refractivity contribution < 1.29 is 4.39 Å². The standard InChI is InChI=1S/C15H22ClFN2/c1-11-6-7-18-15(2,3)10-19(11)9-12-4-5-13(17)8-14(12)16/h4-5,8,11,18H,6-7,9-10H2,1-3H3. The third kappa shape index (κ3) is 3.91. The molecule has 1 atom stereocenters. The molecule has 4 heteroatoms. The monoisotopic (exact) mass is 284 g/mol. The first-order chi connectivity index (χ1) is 8.87. The highest BCUT2D eigenvalue weighted by Gasteiger charge is 2.28. The summed E-state index contributed by atoms with van der Waals surface area (Å²) in [6, 6.07) is 5.15. The van der Waals surface area contributed by atoms with Crippen LogP contribution in [0.15, 0.2) is 18.2 Å². The number of benzene rings is 1. The first kappa shape index (κ1) is 14.8. The molecule has 1 unspecified atom stereocenters. The van der Waals surface area contributed by atoms with E-state index in [4.69, 9.17) is 11.6 Å². The summed E-state index contributed by atoms with van der Waals surface area (Å²) in [4.78, 5) is 2.42. The van der Waals surface area contributed by atoms with Crippen molar-refractivity contribution >= 4 is 11.6 Å². The van der Waals surface area contributed by atoms with Gasteiger partial charge in [0, 0.05) is 29.7 Å². The number of nitrogens with zero attached hydrogens (tertiary/aromatic N) is 1. The molecule has 0 bridgehead atoms. The number of hydrogen-bond donors (Lipinski definition) is 1. The molecule has 1 heterocycles. The van der Waals surface area contributed by atoms with Crippen LogP contribution >= 0.6 is 11.6 Å². The summed E-state index contributed by atoms with van der Waals surface area (Å²) in [7, 11) is 0. The van der Waals surface area contributed by atoms with Crippen molar-refractivity contribution in [3.05, 3.63) is 34.6 Å². The molecule has 1 aromatic rings. The van der Waals surface area contributed by atoms with Gasteiger partial charge in [0.15, 0.2) is 0 Å². The molecule has 2 nitrogen and oxygen atoms in total. The van der Waals surface area contributed by atoms with Crippen LogP contribution in [0.3, 0.4) is 0 Å². The Labute approximate surface area is 119 Å². The zero-order valence-electron chi connectivity index (χ0n) is 11.8. The van der Waals surface area contributed by atoms with Gasteiger partial charge in [-0.2, -0.15) is 0 Å². The smallest absolute Gasteiger partial charge is 0.124 e. The number of nitrogens with one attached hydrogen (secondary N) is 1. The van der Waals surface area contributed by atoms with E-state index in [1.165, 1.54) is 12.1 Å². The predicted molar refractivity (Wildman–Crippen MR) is 78.0 cm³/mol. The average Bonchev–Trinajstić information content (AvgIpc) is 2.42. The highest BCUT2D eigenvalue weighted by molar-refractivity contribution is 6.31. The van der Waals surface area contributed by atoms with Gasteiger partial charge in [-0.05, 0) is 51.4 Å². The van der Waals surface area contributed by atoms with Crippen molar-refractivity contribution in [1.82, 2.24) is 10.2 Å². The van der Waals surface area contributed by atoms with Crippen molar-refractivity contribution in [2.45, 2.75) is 45.3 Å². The van der Waals surface area contributed by atoms with Crippen molar-refractivity contribution in [1.29, 1.82) is 0 Å². The fourth-order valence-corrected chi connectivity index (χ4v) is 2.83. The van der Waals surface area contributed by atoms with E-state index < -0.39 is 0 Å². The van der Waals surface area contributed by atoms with E-state index in [0.29, 0.717) is 11.1 Å². The zero-order valence-corrected chi connectivity index (χ0v) is 12.6. The lowest BCUT2D eigenvalue weighted by atomic mass is 10.0. The summed E-state index contributed by atoms with van der Waals surface area (Å²) in [5.41, 5.74) is 1.09. The van der Waals surface area contributed by atoms with Crippen LogP contribution in [0, 0.1) is 5.82 Å². The molecule has 2 rings (SSSR count). The van der Waals surface area contributed by atoms with Gasteiger partial charge in [-0.15, -0.1) is 0 Å². The predicted octanol–water partition coefficient (Wildman–Crippen LogP) is 3.44. The summed E-state index contributed by atoms with van der Waals surface area (Å²) in [5.74, 6) is -0.278. The molecule has 1 aliphatic rings. The summed E-state index contributed by atoms with van der Waals surface area (Å²) in [6.45, 7) is 9.42. The lowest BCUT2D eigenvalue weighted by molar-refractivity contribution is 0.173. The fourth-order valence-electron chi connectivity index (χ4n) is 2.60. The Bertz CT molecular complexity index is 448. The molecule has 0 spiro atoms. The third-order valence-electron chi connectivity index (χ3n) is 3.78. The molecular formula is C15H22ClFN2. The van der Waals surface area contributed by atoms with Crippen LogP contribution < -0.4 is 5.32 Å². The van der Waals surface area contributed by atoms with Crippen LogP contribution in [-0.2, 0) is 6.54 Å². The molecule has 1 aromatic carbocycles. The van der Waals surface area contributed by atoms with E-state index in [9.17, 15) is 4.39 Å². The molecular weight excluding hydrogens is 263 g/mol. The number of hydrogen-bond acceptors (Lipinski definition) is 2. The molecule has 1 N–H and O–H groups in total. The quantitative estimate of drug-likeness (QED) is 0.895. The van der Waals surface area contributed by atoms with E-state index in [0.717, 1.165) is 31.6 Å². The summed E-state index contributed by atoms with van der Waals surface area (Å²) in [5, 5.41) is 4.07. The zero-order chi connectivity index (χ0) is 14.0. The normalized spacial score (nSPS) is 24.2. The van der Waals surface area contributed by atoms with E-state index in [1.807, 2.05) is 0 Å². The van der Waals surface area contributed by atoms with Gasteiger partial charge in [0.25, 0.3) is 0 Å². The molecule has 1 saturated heterocycles. The van der Waals surface area contributed by atoms with Crippen molar-refractivity contribution in [3.63, 3.8) is 0 Å². The maximum absolute atomic E-state index is 13.1. The van der Waals surface area contributed by atoms with E-state index in [2.05, 4.69) is 31.0 Å². The SMILES string of the molecule is CC1CCNC(C)(C)CN1Cc1ccc(F)cc1Cl. The minimum absolute atomic E-state index is 0.0945. The Morgan fingerprint density at radius 3 is 2.89 bits per heavy atom. The molecule has 19 heavy (non-hydrogen) atoms. The second kappa shape index (κ2) is 5.78. The second-order valence-electron chi connectivity index (χ2n) is 6.09. The maximum Gasteiger partial charge on any atom is 0.124 e. The molecule has 1 aliphatic heterocycles. The minimum atomic E-state index is -0.278. The second-order valence-corrected chi connectivity index (χ2v) is 6.50. The van der Waals surface area contributed by atoms with E-state index in [-0.39, 0.29) is 11.4 Å². The molecule has 1 fully saturated rings. The average molecular weight is 285 g/mol. The summed E-state index contributed by atoms with van der Waals surface area (Å²) in [6.07, 6.45) is 1.11. The van der Waals surface area contributed by atoms with E-state index >= 15 is 0 Å². The highest BCUT2D eigenvalue weighted by atomic mass is 35.5. The van der Waals surface area contributed by atoms with Gasteiger partial charge in [0.2, 0.25) is 0 Å². The lowest BCUT2D eigenvalue weighted by Crippen LogP contribution is -2.47. The Kier molecular flexibility index (Phi) is 4.49. The van der Waals surface area contributed by atoms with Crippen molar-refractivity contribution in [3.8, 4) is 0 Å². The molecule has 0 saturated carbocycles. The summed E-state index contributed by atoms with van der Waals surface area (Å²) < 4.78 is 13.1. The largest absolute Gasteiger partial charge is 0.310 e. The van der Waals surface area contributed by atoms with Crippen LogP contribution in [0.5, 0.6) is 0 Å². The van der Waals surface area contributed by atoms with Gasteiger partial charge >= 0.3 is 0 Å². The Hall–Kier alpha value is -0.640. The first-order valence-electron chi connectivity index (χ1n) is 6.80. The van der Waals surface area contributed by atoms with Crippen LogP contribution in [0.1, 0.15) is 32.8 Å². The summed E-state index contributed by atoms with van der Waals surface area (Å²) >= 11 is 6.13.